The van der Waals surface area contributed by atoms with Crippen molar-refractivity contribution in [1.29, 1.82) is 0 Å². The van der Waals surface area contributed by atoms with Crippen molar-refractivity contribution in [2.75, 3.05) is 50.5 Å². The summed E-state index contributed by atoms with van der Waals surface area (Å²) in [7, 11) is 1.88. The van der Waals surface area contributed by atoms with E-state index in [2.05, 4.69) is 0 Å². The smallest absolute Gasteiger partial charge is 0.242 e. The van der Waals surface area contributed by atoms with Crippen molar-refractivity contribution >= 4 is 17.3 Å². The van der Waals surface area contributed by atoms with E-state index < -0.39 is 0 Å². The molecule has 2 N–H and O–H groups in total. The minimum absolute atomic E-state index is 0.115. The summed E-state index contributed by atoms with van der Waals surface area (Å²) in [5, 5.41) is 0. The van der Waals surface area contributed by atoms with E-state index in [-0.39, 0.29) is 5.91 Å². The highest BCUT2D eigenvalue weighted by Crippen LogP contribution is 2.20. The van der Waals surface area contributed by atoms with Crippen molar-refractivity contribution < 1.29 is 9.53 Å². The molecule has 1 aromatic carbocycles. The minimum atomic E-state index is 0.115. The molecule has 1 heterocycles. The second-order valence-corrected chi connectivity index (χ2v) is 4.41. The van der Waals surface area contributed by atoms with Crippen LogP contribution in [0.25, 0.3) is 0 Å². The van der Waals surface area contributed by atoms with Crippen molar-refractivity contribution in [3.8, 4) is 0 Å². The van der Waals surface area contributed by atoms with Crippen LogP contribution in [-0.2, 0) is 9.53 Å². The highest BCUT2D eigenvalue weighted by atomic mass is 16.5. The van der Waals surface area contributed by atoms with Crippen LogP contribution in [0.15, 0.2) is 24.3 Å². The third-order valence-corrected chi connectivity index (χ3v) is 3.08. The van der Waals surface area contributed by atoms with Crippen LogP contribution in [0, 0.1) is 0 Å². The second-order valence-electron chi connectivity index (χ2n) is 4.41. The van der Waals surface area contributed by atoms with E-state index in [0.29, 0.717) is 38.5 Å². The molecule has 2 rings (SSSR count). The summed E-state index contributed by atoms with van der Waals surface area (Å²) < 4.78 is 5.23. The summed E-state index contributed by atoms with van der Waals surface area (Å²) in [6.45, 7) is 2.95. The fourth-order valence-electron chi connectivity index (χ4n) is 2.04. The molecular formula is C13H19N3O2. The number of ether oxygens (including phenoxy) is 1. The van der Waals surface area contributed by atoms with Crippen LogP contribution < -0.4 is 10.6 Å². The highest BCUT2D eigenvalue weighted by Gasteiger charge is 2.18. The summed E-state index contributed by atoms with van der Waals surface area (Å²) in [5.41, 5.74) is 7.47. The van der Waals surface area contributed by atoms with Crippen molar-refractivity contribution in [3.63, 3.8) is 0 Å². The normalized spacial score (nSPS) is 15.5. The number of likely N-dealkylation sites (N-methyl/N-ethyl adjacent to an activating group) is 1. The maximum absolute atomic E-state index is 12.1. The molecule has 1 aliphatic heterocycles. The lowest BCUT2D eigenvalue weighted by atomic mass is 10.2. The van der Waals surface area contributed by atoms with E-state index in [0.717, 1.165) is 5.69 Å². The van der Waals surface area contributed by atoms with Crippen molar-refractivity contribution in [3.05, 3.63) is 24.3 Å². The third kappa shape index (κ3) is 2.92. The van der Waals surface area contributed by atoms with E-state index in [1.165, 1.54) is 0 Å². The topological polar surface area (TPSA) is 58.8 Å². The fourth-order valence-corrected chi connectivity index (χ4v) is 2.04. The molecule has 98 valence electrons. The van der Waals surface area contributed by atoms with E-state index in [4.69, 9.17) is 10.5 Å². The average Bonchev–Trinajstić information content (AvgIpc) is 2.40. The van der Waals surface area contributed by atoms with Gasteiger partial charge in [-0.1, -0.05) is 12.1 Å². The number of hydrogen-bond donors (Lipinski definition) is 1. The Morgan fingerprint density at radius 3 is 2.72 bits per heavy atom. The molecule has 0 aliphatic carbocycles. The first-order valence-electron chi connectivity index (χ1n) is 6.09. The third-order valence-electron chi connectivity index (χ3n) is 3.08. The molecule has 5 nitrogen and oxygen atoms in total. The average molecular weight is 249 g/mol. The molecule has 5 heteroatoms. The van der Waals surface area contributed by atoms with Crippen LogP contribution >= 0.6 is 0 Å². The Labute approximate surface area is 107 Å². The Morgan fingerprint density at radius 1 is 1.39 bits per heavy atom. The predicted molar refractivity (Wildman–Crippen MR) is 71.5 cm³/mol. The molecule has 0 spiro atoms. The van der Waals surface area contributed by atoms with Gasteiger partial charge in [0.05, 0.1) is 31.1 Å². The summed E-state index contributed by atoms with van der Waals surface area (Å²) in [6, 6.07) is 7.56. The summed E-state index contributed by atoms with van der Waals surface area (Å²) in [4.78, 5) is 15.8. The molecule has 1 saturated heterocycles. The number of carbonyl (C=O) groups excluding carboxylic acids is 1. The molecule has 1 fully saturated rings. The van der Waals surface area contributed by atoms with E-state index >= 15 is 0 Å². The van der Waals surface area contributed by atoms with Gasteiger partial charge in [-0.05, 0) is 12.1 Å². The molecule has 0 aromatic heterocycles. The van der Waals surface area contributed by atoms with Crippen LogP contribution in [0.4, 0.5) is 11.4 Å². The number of morpholine rings is 1. The fraction of sp³-hybridized carbons (Fsp3) is 0.462. The Kier molecular flexibility index (Phi) is 4.04. The molecule has 1 aromatic rings. The Bertz CT molecular complexity index is 416. The molecule has 0 atom stereocenters. The number of benzene rings is 1. The van der Waals surface area contributed by atoms with Crippen molar-refractivity contribution in [1.82, 2.24) is 4.90 Å². The Morgan fingerprint density at radius 2 is 2.06 bits per heavy atom. The van der Waals surface area contributed by atoms with Gasteiger partial charge in [0.1, 0.15) is 0 Å². The van der Waals surface area contributed by atoms with Crippen LogP contribution in [-0.4, -0.2) is 50.7 Å². The van der Waals surface area contributed by atoms with Crippen molar-refractivity contribution in [2.45, 2.75) is 0 Å². The Balaban J connectivity index is 1.96. The molecular weight excluding hydrogens is 230 g/mol. The zero-order valence-electron chi connectivity index (χ0n) is 10.6. The van der Waals surface area contributed by atoms with Crippen LogP contribution in [0.1, 0.15) is 0 Å². The molecule has 0 bridgehead atoms. The molecule has 18 heavy (non-hydrogen) atoms. The highest BCUT2D eigenvalue weighted by molar-refractivity contribution is 5.83. The van der Waals surface area contributed by atoms with Gasteiger partial charge >= 0.3 is 0 Å². The van der Waals surface area contributed by atoms with Gasteiger partial charge < -0.3 is 20.3 Å². The monoisotopic (exact) mass is 249 g/mol. The number of carbonyl (C=O) groups is 1. The van der Waals surface area contributed by atoms with Crippen LogP contribution in [0.2, 0.25) is 0 Å². The number of anilines is 2. The molecule has 0 saturated carbocycles. The largest absolute Gasteiger partial charge is 0.397 e. The summed E-state index contributed by atoms with van der Waals surface area (Å²) in [5.74, 6) is 0.115. The summed E-state index contributed by atoms with van der Waals surface area (Å²) >= 11 is 0. The number of amides is 1. The van der Waals surface area contributed by atoms with Crippen molar-refractivity contribution in [2.24, 2.45) is 0 Å². The minimum Gasteiger partial charge on any atom is -0.397 e. The number of rotatable bonds is 3. The number of hydrogen-bond acceptors (Lipinski definition) is 4. The van der Waals surface area contributed by atoms with Gasteiger partial charge in [-0.25, -0.2) is 0 Å². The van der Waals surface area contributed by atoms with Crippen LogP contribution in [0.5, 0.6) is 0 Å². The van der Waals surface area contributed by atoms with E-state index in [9.17, 15) is 4.79 Å². The first kappa shape index (κ1) is 12.7. The number of nitrogens with two attached hydrogens (primary N) is 1. The maximum atomic E-state index is 12.1. The van der Waals surface area contributed by atoms with Gasteiger partial charge in [0.25, 0.3) is 0 Å². The van der Waals surface area contributed by atoms with Gasteiger partial charge in [0, 0.05) is 20.1 Å². The first-order chi connectivity index (χ1) is 8.68. The quantitative estimate of drug-likeness (QED) is 0.795. The van der Waals surface area contributed by atoms with E-state index in [1.807, 2.05) is 41.1 Å². The molecule has 0 unspecified atom stereocenters. The standard InChI is InChI=1S/C13H19N3O2/c1-15(12-5-3-2-4-11(12)14)10-13(17)16-6-8-18-9-7-16/h2-5H,6-10,14H2,1H3. The maximum Gasteiger partial charge on any atom is 0.242 e. The summed E-state index contributed by atoms with van der Waals surface area (Å²) in [6.07, 6.45) is 0. The molecule has 1 amide bonds. The zero-order valence-corrected chi connectivity index (χ0v) is 10.6. The van der Waals surface area contributed by atoms with Gasteiger partial charge in [0.15, 0.2) is 0 Å². The van der Waals surface area contributed by atoms with Gasteiger partial charge in [0.2, 0.25) is 5.91 Å². The number of para-hydroxylation sites is 2. The van der Waals surface area contributed by atoms with Gasteiger partial charge in [-0.15, -0.1) is 0 Å². The SMILES string of the molecule is CN(CC(=O)N1CCOCC1)c1ccccc1N. The zero-order chi connectivity index (χ0) is 13.0. The molecule has 0 radical (unpaired) electrons. The number of nitrogens with zero attached hydrogens (tertiary/aromatic N) is 2. The lowest BCUT2D eigenvalue weighted by Crippen LogP contribution is -2.45. The lowest BCUT2D eigenvalue weighted by molar-refractivity contribution is -0.133. The Hall–Kier alpha value is -1.75. The number of nitrogen functional groups attached to an aromatic ring is 1. The lowest BCUT2D eigenvalue weighted by Gasteiger charge is -2.29. The first-order valence-corrected chi connectivity index (χ1v) is 6.09. The van der Waals surface area contributed by atoms with Gasteiger partial charge in [-0.3, -0.25) is 4.79 Å². The van der Waals surface area contributed by atoms with E-state index in [1.54, 1.807) is 0 Å². The molecule has 1 aliphatic rings. The second kappa shape index (κ2) is 5.73. The van der Waals surface area contributed by atoms with Gasteiger partial charge in [-0.2, -0.15) is 0 Å². The van der Waals surface area contributed by atoms with Crippen LogP contribution in [0.3, 0.4) is 0 Å². The predicted octanol–water partition coefficient (Wildman–Crippen LogP) is 0.564.